The number of nitrogens with zero attached hydrogens (tertiary/aromatic N) is 2. The topological polar surface area (TPSA) is 101 Å². The molecule has 7 nitrogen and oxygen atoms in total. The summed E-state index contributed by atoms with van der Waals surface area (Å²) < 4.78 is 5.83. The molecule has 1 heterocycles. The van der Waals surface area contributed by atoms with E-state index in [0.717, 1.165) is 11.1 Å². The van der Waals surface area contributed by atoms with E-state index in [2.05, 4.69) is 15.5 Å². The van der Waals surface area contributed by atoms with Gasteiger partial charge >= 0.3 is 0 Å². The Hall–Kier alpha value is -3.58. The van der Waals surface area contributed by atoms with Crippen LogP contribution in [0.3, 0.4) is 0 Å². The fraction of sp³-hybridized carbons (Fsp3) is 0.250. The number of ether oxygens (including phenoxy) is 1. The third-order valence-corrected chi connectivity index (χ3v) is 4.84. The number of benzene rings is 2. The molecule has 1 amide bonds. The van der Waals surface area contributed by atoms with E-state index in [1.54, 1.807) is 63.4 Å². The van der Waals surface area contributed by atoms with E-state index in [-0.39, 0.29) is 11.8 Å². The molecule has 0 aliphatic rings. The van der Waals surface area contributed by atoms with Gasteiger partial charge in [-0.3, -0.25) is 4.79 Å². The van der Waals surface area contributed by atoms with Gasteiger partial charge in [0, 0.05) is 12.7 Å². The minimum absolute atomic E-state index is 0.168. The van der Waals surface area contributed by atoms with Crippen molar-refractivity contribution in [2.24, 2.45) is 5.18 Å². The van der Waals surface area contributed by atoms with Crippen molar-refractivity contribution >= 4 is 5.91 Å². The number of rotatable bonds is 8. The molecule has 0 saturated carbocycles. The first-order valence-electron chi connectivity index (χ1n) is 9.93. The first-order chi connectivity index (χ1) is 14.8. The van der Waals surface area contributed by atoms with Gasteiger partial charge in [0.05, 0.1) is 5.60 Å². The molecule has 1 unspecified atom stereocenters. The number of carbonyl (C=O) groups is 1. The highest BCUT2D eigenvalue weighted by molar-refractivity contribution is 5.96. The average molecular weight is 419 g/mol. The van der Waals surface area contributed by atoms with E-state index in [1.165, 1.54) is 0 Å². The molecule has 0 saturated heterocycles. The second-order valence-electron chi connectivity index (χ2n) is 7.75. The quantitative estimate of drug-likeness (QED) is 0.508. The number of hydrogen-bond donors (Lipinski definition) is 2. The molecule has 0 radical (unpaired) electrons. The molecule has 3 aromatic rings. The minimum Gasteiger partial charge on any atom is -0.438 e. The Morgan fingerprint density at radius 2 is 1.90 bits per heavy atom. The zero-order valence-electron chi connectivity index (χ0n) is 17.7. The first kappa shape index (κ1) is 22.1. The van der Waals surface area contributed by atoms with E-state index in [9.17, 15) is 14.8 Å². The molecule has 0 aliphatic heterocycles. The summed E-state index contributed by atoms with van der Waals surface area (Å²) in [5.74, 6) is 0.304. The summed E-state index contributed by atoms with van der Waals surface area (Å²) in [4.78, 5) is 27.7. The predicted molar refractivity (Wildman–Crippen MR) is 118 cm³/mol. The normalized spacial score (nSPS) is 12.1. The molecule has 0 bridgehead atoms. The highest BCUT2D eigenvalue weighted by atomic mass is 16.5. The number of amides is 1. The van der Waals surface area contributed by atoms with Gasteiger partial charge in [0.2, 0.25) is 5.88 Å². The standard InChI is InChI=1S/C24H25N3O4/c1-16(27-30)18-6-4-7-20(14-18)31-23-21(8-5-13-25-23)22(28)26-15-17-9-11-19(12-10-17)24(2,3)29/h4-14,16,29H,15H2,1-3H3,(H,26,28). The van der Waals surface area contributed by atoms with E-state index in [1.807, 2.05) is 24.3 Å². The van der Waals surface area contributed by atoms with Crippen molar-refractivity contribution in [3.8, 4) is 11.6 Å². The largest absolute Gasteiger partial charge is 0.438 e. The number of hydrogen-bond acceptors (Lipinski definition) is 6. The second kappa shape index (κ2) is 9.49. The lowest BCUT2D eigenvalue weighted by molar-refractivity contribution is 0.0785. The zero-order chi connectivity index (χ0) is 22.4. The lowest BCUT2D eigenvalue weighted by atomic mass is 9.97. The Balaban J connectivity index is 1.71. The molecule has 7 heteroatoms. The van der Waals surface area contributed by atoms with Gasteiger partial charge in [-0.25, -0.2) is 4.98 Å². The summed E-state index contributed by atoms with van der Waals surface area (Å²) in [6, 6.07) is 17.2. The fourth-order valence-corrected chi connectivity index (χ4v) is 2.96. The van der Waals surface area contributed by atoms with E-state index >= 15 is 0 Å². The molecule has 0 spiro atoms. The summed E-state index contributed by atoms with van der Waals surface area (Å²) in [7, 11) is 0. The molecule has 2 N–H and O–H groups in total. The highest BCUT2D eigenvalue weighted by Crippen LogP contribution is 2.27. The first-order valence-corrected chi connectivity index (χ1v) is 9.93. The minimum atomic E-state index is -0.916. The Kier molecular flexibility index (Phi) is 6.77. The van der Waals surface area contributed by atoms with Crippen LogP contribution in [-0.4, -0.2) is 16.0 Å². The molecule has 1 aromatic heterocycles. The van der Waals surface area contributed by atoms with Crippen LogP contribution in [0.5, 0.6) is 11.6 Å². The molecular weight excluding hydrogens is 394 g/mol. The summed E-state index contributed by atoms with van der Waals surface area (Å²) in [5, 5.41) is 15.9. The fourth-order valence-electron chi connectivity index (χ4n) is 2.96. The van der Waals surface area contributed by atoms with E-state index in [0.29, 0.717) is 23.4 Å². The van der Waals surface area contributed by atoms with Crippen LogP contribution < -0.4 is 10.1 Å². The van der Waals surface area contributed by atoms with Crippen LogP contribution in [-0.2, 0) is 12.1 Å². The SMILES string of the molecule is CC(N=O)c1cccc(Oc2ncccc2C(=O)NCc2ccc(C(C)(C)O)cc2)c1. The van der Waals surface area contributed by atoms with Gasteiger partial charge in [-0.2, -0.15) is 4.91 Å². The summed E-state index contributed by atoms with van der Waals surface area (Å²) in [6.45, 7) is 5.45. The van der Waals surface area contributed by atoms with Gasteiger partial charge < -0.3 is 15.2 Å². The summed E-state index contributed by atoms with van der Waals surface area (Å²) in [5.41, 5.74) is 1.79. The number of aromatic nitrogens is 1. The maximum absolute atomic E-state index is 12.7. The maximum Gasteiger partial charge on any atom is 0.257 e. The zero-order valence-corrected chi connectivity index (χ0v) is 17.7. The highest BCUT2D eigenvalue weighted by Gasteiger charge is 2.17. The van der Waals surface area contributed by atoms with Crippen molar-refractivity contribution < 1.29 is 14.6 Å². The van der Waals surface area contributed by atoms with Crippen molar-refractivity contribution in [1.29, 1.82) is 0 Å². The molecule has 2 aromatic carbocycles. The van der Waals surface area contributed by atoms with Crippen molar-refractivity contribution in [1.82, 2.24) is 10.3 Å². The maximum atomic E-state index is 12.7. The predicted octanol–water partition coefficient (Wildman–Crippen LogP) is 4.86. The van der Waals surface area contributed by atoms with Crippen molar-refractivity contribution in [3.05, 3.63) is 94.0 Å². The molecule has 0 fully saturated rings. The Morgan fingerprint density at radius 3 is 2.58 bits per heavy atom. The van der Waals surface area contributed by atoms with Crippen LogP contribution in [0.25, 0.3) is 0 Å². The van der Waals surface area contributed by atoms with Gasteiger partial charge in [0.25, 0.3) is 5.91 Å². The van der Waals surface area contributed by atoms with Crippen LogP contribution in [0.15, 0.2) is 72.0 Å². The molecule has 0 aliphatic carbocycles. The van der Waals surface area contributed by atoms with Crippen LogP contribution in [0.2, 0.25) is 0 Å². The van der Waals surface area contributed by atoms with Crippen LogP contribution in [0, 0.1) is 4.91 Å². The molecule has 31 heavy (non-hydrogen) atoms. The number of pyridine rings is 1. The lowest BCUT2D eigenvalue weighted by Crippen LogP contribution is -2.23. The van der Waals surface area contributed by atoms with E-state index < -0.39 is 11.6 Å². The third kappa shape index (κ3) is 5.73. The Morgan fingerprint density at radius 1 is 1.16 bits per heavy atom. The Bertz CT molecular complexity index is 1060. The summed E-state index contributed by atoms with van der Waals surface area (Å²) in [6.07, 6.45) is 1.54. The number of nitroso groups, excluding NO2 is 1. The van der Waals surface area contributed by atoms with Gasteiger partial charge in [0.1, 0.15) is 17.4 Å². The van der Waals surface area contributed by atoms with Gasteiger partial charge in [-0.05, 0) is 61.7 Å². The molecule has 1 atom stereocenters. The molecular formula is C24H25N3O4. The number of nitrogens with one attached hydrogen (secondary N) is 1. The van der Waals surface area contributed by atoms with Crippen molar-refractivity contribution in [3.63, 3.8) is 0 Å². The lowest BCUT2D eigenvalue weighted by Gasteiger charge is -2.18. The Labute approximate surface area is 181 Å². The van der Waals surface area contributed by atoms with Crippen LogP contribution in [0.4, 0.5) is 0 Å². The summed E-state index contributed by atoms with van der Waals surface area (Å²) >= 11 is 0. The molecule has 3 rings (SSSR count). The van der Waals surface area contributed by atoms with Gasteiger partial charge in [-0.15, -0.1) is 0 Å². The third-order valence-electron chi connectivity index (χ3n) is 4.84. The number of carbonyl (C=O) groups excluding carboxylic acids is 1. The van der Waals surface area contributed by atoms with Crippen LogP contribution >= 0.6 is 0 Å². The van der Waals surface area contributed by atoms with Gasteiger partial charge in [0.15, 0.2) is 0 Å². The second-order valence-corrected chi connectivity index (χ2v) is 7.75. The number of aliphatic hydroxyl groups is 1. The molecule has 160 valence electrons. The monoisotopic (exact) mass is 419 g/mol. The van der Waals surface area contributed by atoms with Crippen LogP contribution in [0.1, 0.15) is 53.9 Å². The smallest absolute Gasteiger partial charge is 0.257 e. The average Bonchev–Trinajstić information content (AvgIpc) is 2.77. The van der Waals surface area contributed by atoms with Gasteiger partial charge in [-0.1, -0.05) is 41.6 Å². The van der Waals surface area contributed by atoms with E-state index in [4.69, 9.17) is 4.74 Å². The van der Waals surface area contributed by atoms with Crippen molar-refractivity contribution in [2.75, 3.05) is 0 Å². The van der Waals surface area contributed by atoms with Crippen molar-refractivity contribution in [2.45, 2.75) is 39.0 Å².